The molecule has 1 heterocycles. The molecular weight excluding hydrogens is 238 g/mol. The zero-order valence-corrected chi connectivity index (χ0v) is 10.1. The molecule has 0 aliphatic rings. The minimum atomic E-state index is -0.138. The van der Waals surface area contributed by atoms with Crippen molar-refractivity contribution in [2.75, 3.05) is 5.73 Å². The minimum absolute atomic E-state index is 0.138. The molecule has 0 aliphatic carbocycles. The van der Waals surface area contributed by atoms with Crippen LogP contribution in [0.3, 0.4) is 0 Å². The third-order valence-electron chi connectivity index (χ3n) is 2.55. The highest BCUT2D eigenvalue weighted by atomic mass is 35.5. The third kappa shape index (κ3) is 2.19. The maximum Gasteiger partial charge on any atom is 0.198 e. The summed E-state index contributed by atoms with van der Waals surface area (Å²) in [7, 11) is 0. The zero-order chi connectivity index (χ0) is 12.4. The van der Waals surface area contributed by atoms with Crippen molar-refractivity contribution in [1.82, 2.24) is 0 Å². The molecule has 0 radical (unpaired) electrons. The minimum Gasteiger partial charge on any atom is -0.469 e. The van der Waals surface area contributed by atoms with E-state index in [1.807, 2.05) is 6.92 Å². The number of nitrogens with two attached hydrogens (primary N) is 1. The average Bonchev–Trinajstić information content (AvgIpc) is 2.76. The molecule has 0 saturated carbocycles. The monoisotopic (exact) mass is 249 g/mol. The Morgan fingerprint density at radius 1 is 1.35 bits per heavy atom. The van der Waals surface area contributed by atoms with Gasteiger partial charge in [-0.1, -0.05) is 18.5 Å². The highest BCUT2D eigenvalue weighted by molar-refractivity contribution is 6.35. The fourth-order valence-electron chi connectivity index (χ4n) is 1.68. The van der Waals surface area contributed by atoms with Gasteiger partial charge in [0.05, 0.1) is 16.8 Å². The van der Waals surface area contributed by atoms with Crippen molar-refractivity contribution >= 4 is 23.1 Å². The van der Waals surface area contributed by atoms with Crippen LogP contribution in [0, 0.1) is 0 Å². The Hall–Kier alpha value is -1.74. The van der Waals surface area contributed by atoms with Gasteiger partial charge in [-0.2, -0.15) is 0 Å². The summed E-state index contributed by atoms with van der Waals surface area (Å²) in [4.78, 5) is 12.2. The van der Waals surface area contributed by atoms with Crippen LogP contribution < -0.4 is 5.73 Å². The number of ketones is 1. The Morgan fingerprint density at radius 2 is 2.12 bits per heavy atom. The standard InChI is InChI=1S/C13H12ClNO2/c1-2-12-10(5-6-17-12)13(16)9-4-3-8(15)7-11(9)14/h3-7H,2,15H2,1H3. The summed E-state index contributed by atoms with van der Waals surface area (Å²) in [6.45, 7) is 1.93. The van der Waals surface area contributed by atoms with Crippen LogP contribution in [0.5, 0.6) is 0 Å². The molecule has 1 aromatic heterocycles. The van der Waals surface area contributed by atoms with E-state index < -0.39 is 0 Å². The normalized spacial score (nSPS) is 10.5. The Morgan fingerprint density at radius 3 is 2.76 bits per heavy atom. The SMILES string of the molecule is CCc1occc1C(=O)c1ccc(N)cc1Cl. The molecule has 2 aromatic rings. The molecule has 17 heavy (non-hydrogen) atoms. The van der Waals surface area contributed by atoms with Gasteiger partial charge in [-0.3, -0.25) is 4.79 Å². The predicted octanol–water partition coefficient (Wildman–Crippen LogP) is 3.31. The molecule has 1 aromatic carbocycles. The highest BCUT2D eigenvalue weighted by Gasteiger charge is 2.17. The molecule has 0 fully saturated rings. The van der Waals surface area contributed by atoms with E-state index in [1.54, 1.807) is 24.3 Å². The van der Waals surface area contributed by atoms with Crippen LogP contribution in [0.1, 0.15) is 28.6 Å². The zero-order valence-electron chi connectivity index (χ0n) is 9.37. The summed E-state index contributed by atoms with van der Waals surface area (Å²) >= 11 is 6.01. The van der Waals surface area contributed by atoms with Crippen LogP contribution >= 0.6 is 11.6 Å². The van der Waals surface area contributed by atoms with Gasteiger partial charge >= 0.3 is 0 Å². The summed E-state index contributed by atoms with van der Waals surface area (Å²) in [5.41, 5.74) is 7.12. The second-order valence-corrected chi connectivity index (χ2v) is 4.09. The first kappa shape index (κ1) is 11.7. The van der Waals surface area contributed by atoms with Gasteiger partial charge in [-0.25, -0.2) is 0 Å². The number of rotatable bonds is 3. The van der Waals surface area contributed by atoms with Gasteiger partial charge in [0.15, 0.2) is 5.78 Å². The van der Waals surface area contributed by atoms with Crippen LogP contribution in [-0.2, 0) is 6.42 Å². The van der Waals surface area contributed by atoms with Crippen molar-refractivity contribution in [2.24, 2.45) is 0 Å². The fraction of sp³-hybridized carbons (Fsp3) is 0.154. The van der Waals surface area contributed by atoms with E-state index in [9.17, 15) is 4.79 Å². The quantitative estimate of drug-likeness (QED) is 0.671. The number of furan rings is 1. The van der Waals surface area contributed by atoms with Gasteiger partial charge in [0.25, 0.3) is 0 Å². The number of aryl methyl sites for hydroxylation is 1. The van der Waals surface area contributed by atoms with Gasteiger partial charge < -0.3 is 10.2 Å². The van der Waals surface area contributed by atoms with Gasteiger partial charge in [0, 0.05) is 17.7 Å². The van der Waals surface area contributed by atoms with E-state index in [2.05, 4.69) is 0 Å². The summed E-state index contributed by atoms with van der Waals surface area (Å²) in [6, 6.07) is 6.52. The first-order valence-electron chi connectivity index (χ1n) is 5.29. The Balaban J connectivity index is 2.44. The molecule has 0 amide bonds. The lowest BCUT2D eigenvalue weighted by Gasteiger charge is -2.04. The van der Waals surface area contributed by atoms with Crippen molar-refractivity contribution in [3.8, 4) is 0 Å². The first-order valence-corrected chi connectivity index (χ1v) is 5.67. The van der Waals surface area contributed by atoms with Crippen LogP contribution in [0.25, 0.3) is 0 Å². The second-order valence-electron chi connectivity index (χ2n) is 3.68. The number of carbonyl (C=O) groups excluding carboxylic acids is 1. The summed E-state index contributed by atoms with van der Waals surface area (Å²) in [6.07, 6.45) is 2.18. The summed E-state index contributed by atoms with van der Waals surface area (Å²) in [5.74, 6) is 0.531. The first-order chi connectivity index (χ1) is 8.13. The molecular formula is C13H12ClNO2. The van der Waals surface area contributed by atoms with E-state index in [4.69, 9.17) is 21.8 Å². The Kier molecular flexibility index (Phi) is 3.20. The number of nitrogen functional groups attached to an aromatic ring is 1. The van der Waals surface area contributed by atoms with Crippen molar-refractivity contribution in [2.45, 2.75) is 13.3 Å². The van der Waals surface area contributed by atoms with Crippen molar-refractivity contribution in [1.29, 1.82) is 0 Å². The van der Waals surface area contributed by atoms with E-state index in [-0.39, 0.29) is 5.78 Å². The molecule has 0 atom stereocenters. The number of carbonyl (C=O) groups is 1. The third-order valence-corrected chi connectivity index (χ3v) is 2.86. The van der Waals surface area contributed by atoms with Gasteiger partial charge in [-0.05, 0) is 24.3 Å². The topological polar surface area (TPSA) is 56.2 Å². The highest BCUT2D eigenvalue weighted by Crippen LogP contribution is 2.24. The lowest BCUT2D eigenvalue weighted by atomic mass is 10.0. The molecule has 0 bridgehead atoms. The van der Waals surface area contributed by atoms with Crippen LogP contribution in [-0.4, -0.2) is 5.78 Å². The predicted molar refractivity (Wildman–Crippen MR) is 67.4 cm³/mol. The lowest BCUT2D eigenvalue weighted by molar-refractivity contribution is 0.103. The summed E-state index contributed by atoms with van der Waals surface area (Å²) in [5, 5.41) is 0.359. The molecule has 2 N–H and O–H groups in total. The number of hydrogen-bond acceptors (Lipinski definition) is 3. The molecule has 3 nitrogen and oxygen atoms in total. The van der Waals surface area contributed by atoms with Gasteiger partial charge in [-0.15, -0.1) is 0 Å². The van der Waals surface area contributed by atoms with Crippen molar-refractivity contribution in [3.63, 3.8) is 0 Å². The number of halogens is 1. The van der Waals surface area contributed by atoms with E-state index in [0.717, 1.165) is 0 Å². The molecule has 2 rings (SSSR count). The Labute approximate surface area is 104 Å². The van der Waals surface area contributed by atoms with Gasteiger partial charge in [0.1, 0.15) is 5.76 Å². The van der Waals surface area contributed by atoms with E-state index >= 15 is 0 Å². The number of hydrogen-bond donors (Lipinski definition) is 1. The van der Waals surface area contributed by atoms with Gasteiger partial charge in [0.2, 0.25) is 0 Å². The largest absolute Gasteiger partial charge is 0.469 e. The maximum absolute atomic E-state index is 12.2. The van der Waals surface area contributed by atoms with Crippen LogP contribution in [0.2, 0.25) is 5.02 Å². The molecule has 0 saturated heterocycles. The van der Waals surface area contributed by atoms with Crippen LogP contribution in [0.4, 0.5) is 5.69 Å². The number of benzene rings is 1. The smallest absolute Gasteiger partial charge is 0.198 e. The molecule has 0 aliphatic heterocycles. The lowest BCUT2D eigenvalue weighted by Crippen LogP contribution is -2.04. The van der Waals surface area contributed by atoms with E-state index in [0.29, 0.717) is 34.0 Å². The molecule has 88 valence electrons. The maximum atomic E-state index is 12.2. The van der Waals surface area contributed by atoms with Crippen LogP contribution in [0.15, 0.2) is 34.9 Å². The number of anilines is 1. The fourth-order valence-corrected chi connectivity index (χ4v) is 1.95. The molecule has 0 spiro atoms. The van der Waals surface area contributed by atoms with Crippen molar-refractivity contribution in [3.05, 3.63) is 52.4 Å². The van der Waals surface area contributed by atoms with Crippen molar-refractivity contribution < 1.29 is 9.21 Å². The van der Waals surface area contributed by atoms with E-state index in [1.165, 1.54) is 6.26 Å². The summed E-state index contributed by atoms with van der Waals surface area (Å²) < 4.78 is 5.23. The molecule has 4 heteroatoms. The second kappa shape index (κ2) is 4.63. The molecule has 0 unspecified atom stereocenters. The Bertz CT molecular complexity index is 560. The average molecular weight is 250 g/mol.